The molecular formula is C26H32N2O. The highest BCUT2D eigenvalue weighted by Crippen LogP contribution is 2.29. The highest BCUT2D eigenvalue weighted by atomic mass is 16.5. The predicted molar refractivity (Wildman–Crippen MR) is 123 cm³/mol. The van der Waals surface area contributed by atoms with Crippen LogP contribution in [0.3, 0.4) is 0 Å². The van der Waals surface area contributed by atoms with Gasteiger partial charge in [-0.1, -0.05) is 80.9 Å². The molecule has 1 unspecified atom stereocenters. The van der Waals surface area contributed by atoms with E-state index in [1.807, 2.05) is 6.07 Å². The maximum atomic E-state index is 5.99. The van der Waals surface area contributed by atoms with Crippen molar-refractivity contribution in [2.24, 2.45) is 11.7 Å². The average molecular weight is 389 g/mol. The van der Waals surface area contributed by atoms with Crippen LogP contribution < -0.4 is 15.8 Å². The van der Waals surface area contributed by atoms with Crippen molar-refractivity contribution in [3.05, 3.63) is 83.9 Å². The van der Waals surface area contributed by atoms with Gasteiger partial charge in [0, 0.05) is 18.3 Å². The lowest BCUT2D eigenvalue weighted by Crippen LogP contribution is -2.29. The van der Waals surface area contributed by atoms with E-state index in [-0.39, 0.29) is 0 Å². The van der Waals surface area contributed by atoms with E-state index in [2.05, 4.69) is 85.9 Å². The molecular weight excluding hydrogens is 356 g/mol. The van der Waals surface area contributed by atoms with Gasteiger partial charge in [0.2, 0.25) is 0 Å². The maximum absolute atomic E-state index is 5.99. The van der Waals surface area contributed by atoms with E-state index >= 15 is 0 Å². The van der Waals surface area contributed by atoms with Gasteiger partial charge in [0.25, 0.3) is 0 Å². The van der Waals surface area contributed by atoms with Gasteiger partial charge < -0.3 is 15.8 Å². The van der Waals surface area contributed by atoms with Crippen molar-refractivity contribution < 1.29 is 4.74 Å². The minimum atomic E-state index is 0.525. The van der Waals surface area contributed by atoms with E-state index in [4.69, 9.17) is 10.5 Å². The van der Waals surface area contributed by atoms with Gasteiger partial charge in [0.05, 0.1) is 0 Å². The van der Waals surface area contributed by atoms with Gasteiger partial charge in [-0.05, 0) is 47.2 Å². The van der Waals surface area contributed by atoms with Crippen LogP contribution in [0, 0.1) is 5.92 Å². The van der Waals surface area contributed by atoms with Crippen molar-refractivity contribution in [3.63, 3.8) is 0 Å². The molecule has 0 aliphatic carbocycles. The Morgan fingerprint density at radius 2 is 1.62 bits per heavy atom. The van der Waals surface area contributed by atoms with E-state index < -0.39 is 0 Å². The Kier molecular flexibility index (Phi) is 7.71. The largest absolute Gasteiger partial charge is 0.489 e. The summed E-state index contributed by atoms with van der Waals surface area (Å²) in [7, 11) is 0. The molecule has 0 saturated carbocycles. The zero-order chi connectivity index (χ0) is 20.5. The third-order valence-corrected chi connectivity index (χ3v) is 4.97. The van der Waals surface area contributed by atoms with E-state index in [0.717, 1.165) is 25.3 Å². The molecule has 29 heavy (non-hydrogen) atoms. The summed E-state index contributed by atoms with van der Waals surface area (Å²) >= 11 is 0. The Morgan fingerprint density at radius 3 is 2.31 bits per heavy atom. The predicted octanol–water partition coefficient (Wildman–Crippen LogP) is 5.89. The minimum Gasteiger partial charge on any atom is -0.489 e. The molecule has 3 aromatic rings. The second kappa shape index (κ2) is 10.7. The molecule has 1 heterocycles. The fraction of sp³-hybridized carbons (Fsp3) is 0.308. The third kappa shape index (κ3) is 5.85. The molecule has 1 atom stereocenters. The number of benzene rings is 3. The fourth-order valence-electron chi connectivity index (χ4n) is 3.38. The maximum Gasteiger partial charge on any atom is 0.121 e. The molecule has 0 aromatic heterocycles. The summed E-state index contributed by atoms with van der Waals surface area (Å²) in [5.74, 6) is 1.42. The van der Waals surface area contributed by atoms with Crippen LogP contribution in [0.25, 0.3) is 11.1 Å². The quantitative estimate of drug-likeness (QED) is 0.573. The Balaban J connectivity index is 0.000000755. The van der Waals surface area contributed by atoms with E-state index in [1.165, 1.54) is 34.4 Å². The van der Waals surface area contributed by atoms with Gasteiger partial charge in [0.1, 0.15) is 12.4 Å². The van der Waals surface area contributed by atoms with E-state index in [0.29, 0.717) is 12.5 Å². The highest BCUT2D eigenvalue weighted by Gasteiger charge is 2.17. The molecule has 1 aliphatic heterocycles. The van der Waals surface area contributed by atoms with Crippen molar-refractivity contribution in [2.45, 2.75) is 33.3 Å². The topological polar surface area (TPSA) is 47.3 Å². The number of fused-ring (bicyclic) bond motifs is 1. The third-order valence-electron chi connectivity index (χ3n) is 4.97. The average Bonchev–Trinajstić information content (AvgIpc) is 2.78. The van der Waals surface area contributed by atoms with Gasteiger partial charge in [-0.15, -0.1) is 0 Å². The van der Waals surface area contributed by atoms with Crippen molar-refractivity contribution in [1.29, 1.82) is 0 Å². The molecule has 0 bridgehead atoms. The Hall–Kier alpha value is -2.78. The molecule has 0 saturated heterocycles. The molecule has 0 amide bonds. The second-order valence-electron chi connectivity index (χ2n) is 7.56. The summed E-state index contributed by atoms with van der Waals surface area (Å²) in [4.78, 5) is 0. The summed E-state index contributed by atoms with van der Waals surface area (Å²) in [6.07, 6.45) is 2.29. The molecule has 3 N–H and O–H groups in total. The van der Waals surface area contributed by atoms with Crippen LogP contribution in [0.5, 0.6) is 5.75 Å². The Morgan fingerprint density at radius 1 is 0.931 bits per heavy atom. The van der Waals surface area contributed by atoms with Crippen LogP contribution in [0.4, 0.5) is 5.69 Å². The number of anilines is 1. The van der Waals surface area contributed by atoms with Crippen LogP contribution in [0.2, 0.25) is 0 Å². The standard InChI is InChI=1S/C23H24N2O.C3H8/c24-14-18-12-21-10-11-22(13-23(21)25-15-18)26-16-17-6-8-20(9-7-17)19-4-2-1-3-5-19;1-3-2/h1-11,13,18,25H,12,14-16,24H2;3H2,1-2H3. The van der Waals surface area contributed by atoms with Crippen molar-refractivity contribution in [1.82, 2.24) is 0 Å². The Bertz CT molecular complexity index is 875. The van der Waals surface area contributed by atoms with E-state index in [1.54, 1.807) is 0 Å². The number of nitrogens with one attached hydrogen (secondary N) is 1. The molecule has 1 aliphatic rings. The van der Waals surface area contributed by atoms with Gasteiger partial charge in [-0.2, -0.15) is 0 Å². The summed E-state index contributed by atoms with van der Waals surface area (Å²) in [6.45, 7) is 6.48. The number of rotatable bonds is 5. The molecule has 3 nitrogen and oxygen atoms in total. The van der Waals surface area contributed by atoms with Gasteiger partial charge in [-0.25, -0.2) is 0 Å². The molecule has 0 fully saturated rings. The van der Waals surface area contributed by atoms with Gasteiger partial charge in [0.15, 0.2) is 0 Å². The fourth-order valence-corrected chi connectivity index (χ4v) is 3.38. The first kappa shape index (κ1) is 20.9. The smallest absolute Gasteiger partial charge is 0.121 e. The van der Waals surface area contributed by atoms with Crippen LogP contribution >= 0.6 is 0 Å². The highest BCUT2D eigenvalue weighted by molar-refractivity contribution is 5.63. The number of hydrogen-bond donors (Lipinski definition) is 2. The normalized spacial score (nSPS) is 14.8. The van der Waals surface area contributed by atoms with Crippen LogP contribution in [-0.2, 0) is 13.0 Å². The van der Waals surface area contributed by atoms with Gasteiger partial charge in [-0.3, -0.25) is 0 Å². The number of hydrogen-bond acceptors (Lipinski definition) is 3. The van der Waals surface area contributed by atoms with E-state index in [9.17, 15) is 0 Å². The number of ether oxygens (including phenoxy) is 1. The summed E-state index contributed by atoms with van der Waals surface area (Å²) in [6, 6.07) is 25.3. The lowest BCUT2D eigenvalue weighted by molar-refractivity contribution is 0.306. The molecule has 3 aromatic carbocycles. The monoisotopic (exact) mass is 388 g/mol. The summed E-state index contributed by atoms with van der Waals surface area (Å²) < 4.78 is 5.99. The molecule has 4 rings (SSSR count). The SMILES string of the molecule is CCC.NCC1CNc2cc(OCc3ccc(-c4ccccc4)cc3)ccc2C1. The summed E-state index contributed by atoms with van der Waals surface area (Å²) in [5, 5.41) is 3.47. The molecule has 152 valence electrons. The second-order valence-corrected chi connectivity index (χ2v) is 7.56. The molecule has 0 radical (unpaired) electrons. The zero-order valence-electron chi connectivity index (χ0n) is 17.5. The first-order chi connectivity index (χ1) is 14.2. The zero-order valence-corrected chi connectivity index (χ0v) is 17.5. The first-order valence-corrected chi connectivity index (χ1v) is 10.6. The molecule has 3 heteroatoms. The minimum absolute atomic E-state index is 0.525. The van der Waals surface area contributed by atoms with Crippen molar-refractivity contribution in [3.8, 4) is 16.9 Å². The number of nitrogens with two attached hydrogens (primary N) is 1. The van der Waals surface area contributed by atoms with Crippen LogP contribution in [0.15, 0.2) is 72.8 Å². The van der Waals surface area contributed by atoms with Crippen molar-refractivity contribution in [2.75, 3.05) is 18.4 Å². The lowest BCUT2D eigenvalue weighted by Gasteiger charge is -2.25. The summed E-state index contributed by atoms with van der Waals surface area (Å²) in [5.41, 5.74) is 11.9. The molecule has 0 spiro atoms. The lowest BCUT2D eigenvalue weighted by atomic mass is 9.94. The first-order valence-electron chi connectivity index (χ1n) is 10.6. The van der Waals surface area contributed by atoms with Crippen molar-refractivity contribution >= 4 is 5.69 Å². The van der Waals surface area contributed by atoms with Crippen LogP contribution in [-0.4, -0.2) is 13.1 Å². The Labute approximate surface area is 174 Å². The van der Waals surface area contributed by atoms with Gasteiger partial charge >= 0.3 is 0 Å². The van der Waals surface area contributed by atoms with Crippen LogP contribution in [0.1, 0.15) is 31.4 Å².